The van der Waals surface area contributed by atoms with Gasteiger partial charge in [0.1, 0.15) is 0 Å². The van der Waals surface area contributed by atoms with Crippen molar-refractivity contribution in [2.75, 3.05) is 0 Å². The molecule has 18 heavy (non-hydrogen) atoms. The number of hydrogen-bond acceptors (Lipinski definition) is 3. The SMILES string of the molecule is Cc1ccc(S(=O)(=O)C2CCCC(N)C2)c(C)c1. The first-order chi connectivity index (χ1) is 8.41. The minimum atomic E-state index is -3.22. The summed E-state index contributed by atoms with van der Waals surface area (Å²) in [4.78, 5) is 0.479. The van der Waals surface area contributed by atoms with Gasteiger partial charge in [-0.25, -0.2) is 8.42 Å². The predicted molar refractivity (Wildman–Crippen MR) is 73.3 cm³/mol. The lowest BCUT2D eigenvalue weighted by molar-refractivity contribution is 0.433. The summed E-state index contributed by atoms with van der Waals surface area (Å²) >= 11 is 0. The molecule has 2 rings (SSSR count). The Morgan fingerprint density at radius 3 is 2.56 bits per heavy atom. The lowest BCUT2D eigenvalue weighted by atomic mass is 9.96. The highest BCUT2D eigenvalue weighted by Crippen LogP contribution is 2.29. The van der Waals surface area contributed by atoms with Gasteiger partial charge in [-0.3, -0.25) is 0 Å². The van der Waals surface area contributed by atoms with Crippen LogP contribution in [0.4, 0.5) is 0 Å². The quantitative estimate of drug-likeness (QED) is 0.894. The molecule has 0 heterocycles. The molecule has 2 atom stereocenters. The lowest BCUT2D eigenvalue weighted by Crippen LogP contribution is -2.35. The van der Waals surface area contributed by atoms with Crippen LogP contribution >= 0.6 is 0 Å². The Kier molecular flexibility index (Phi) is 3.78. The summed E-state index contributed by atoms with van der Waals surface area (Å²) in [6.07, 6.45) is 3.19. The number of sulfone groups is 1. The smallest absolute Gasteiger partial charge is 0.181 e. The standard InChI is InChI=1S/C14H21NO2S/c1-10-6-7-14(11(2)8-10)18(16,17)13-5-3-4-12(15)9-13/h6-8,12-13H,3-5,9,15H2,1-2H3. The van der Waals surface area contributed by atoms with Gasteiger partial charge >= 0.3 is 0 Å². The summed E-state index contributed by atoms with van der Waals surface area (Å²) in [6, 6.07) is 5.56. The number of nitrogens with two attached hydrogens (primary N) is 1. The van der Waals surface area contributed by atoms with Gasteiger partial charge in [0.05, 0.1) is 10.1 Å². The van der Waals surface area contributed by atoms with E-state index < -0.39 is 9.84 Å². The fraction of sp³-hybridized carbons (Fsp3) is 0.571. The zero-order valence-electron chi connectivity index (χ0n) is 11.0. The molecule has 1 aliphatic carbocycles. The molecule has 1 fully saturated rings. The molecule has 0 aliphatic heterocycles. The van der Waals surface area contributed by atoms with Crippen LogP contribution in [0.25, 0.3) is 0 Å². The van der Waals surface area contributed by atoms with Crippen LogP contribution in [0.3, 0.4) is 0 Å². The van der Waals surface area contributed by atoms with E-state index in [0.29, 0.717) is 11.3 Å². The fourth-order valence-corrected chi connectivity index (χ4v) is 4.86. The monoisotopic (exact) mass is 267 g/mol. The number of benzene rings is 1. The highest BCUT2D eigenvalue weighted by Gasteiger charge is 2.32. The van der Waals surface area contributed by atoms with E-state index in [0.717, 1.165) is 30.4 Å². The molecule has 4 heteroatoms. The molecule has 0 aromatic heterocycles. The molecule has 0 amide bonds. The first-order valence-electron chi connectivity index (χ1n) is 6.48. The molecule has 0 bridgehead atoms. The van der Waals surface area contributed by atoms with E-state index in [1.54, 1.807) is 6.07 Å². The molecule has 2 N–H and O–H groups in total. The van der Waals surface area contributed by atoms with Gasteiger partial charge in [0.15, 0.2) is 9.84 Å². The third kappa shape index (κ3) is 2.59. The van der Waals surface area contributed by atoms with Gasteiger partial charge in [0.2, 0.25) is 0 Å². The summed E-state index contributed by atoms with van der Waals surface area (Å²) in [5.41, 5.74) is 7.83. The first kappa shape index (κ1) is 13.6. The van der Waals surface area contributed by atoms with Gasteiger partial charge in [-0.2, -0.15) is 0 Å². The molecular formula is C14H21NO2S. The van der Waals surface area contributed by atoms with Crippen molar-refractivity contribution in [1.82, 2.24) is 0 Å². The van der Waals surface area contributed by atoms with E-state index in [4.69, 9.17) is 5.73 Å². The van der Waals surface area contributed by atoms with Crippen molar-refractivity contribution in [3.63, 3.8) is 0 Å². The maximum absolute atomic E-state index is 12.6. The summed E-state index contributed by atoms with van der Waals surface area (Å²) in [6.45, 7) is 3.84. The third-order valence-electron chi connectivity index (χ3n) is 3.74. The Hall–Kier alpha value is -0.870. The summed E-state index contributed by atoms with van der Waals surface area (Å²) in [5.74, 6) is 0. The second-order valence-electron chi connectivity index (χ2n) is 5.36. The van der Waals surface area contributed by atoms with E-state index in [1.807, 2.05) is 26.0 Å². The third-order valence-corrected chi connectivity index (χ3v) is 6.12. The molecule has 2 unspecified atom stereocenters. The molecule has 1 saturated carbocycles. The van der Waals surface area contributed by atoms with Crippen LogP contribution in [0, 0.1) is 13.8 Å². The Morgan fingerprint density at radius 1 is 1.22 bits per heavy atom. The van der Waals surface area contributed by atoms with Crippen LogP contribution in [0.15, 0.2) is 23.1 Å². The molecule has 0 spiro atoms. The molecule has 0 saturated heterocycles. The Bertz CT molecular complexity index is 537. The van der Waals surface area contributed by atoms with Gasteiger partial charge in [-0.05, 0) is 44.7 Å². The van der Waals surface area contributed by atoms with Crippen LogP contribution in [-0.2, 0) is 9.84 Å². The van der Waals surface area contributed by atoms with Crippen molar-refractivity contribution in [2.24, 2.45) is 5.73 Å². The van der Waals surface area contributed by atoms with Crippen LogP contribution < -0.4 is 5.73 Å². The average molecular weight is 267 g/mol. The second-order valence-corrected chi connectivity index (χ2v) is 7.56. The maximum atomic E-state index is 12.6. The molecule has 1 aliphatic rings. The highest BCUT2D eigenvalue weighted by atomic mass is 32.2. The minimum absolute atomic E-state index is 0.0317. The van der Waals surface area contributed by atoms with Gasteiger partial charge in [-0.15, -0.1) is 0 Å². The van der Waals surface area contributed by atoms with Crippen LogP contribution in [0.1, 0.15) is 36.8 Å². The van der Waals surface area contributed by atoms with E-state index in [9.17, 15) is 8.42 Å². The maximum Gasteiger partial charge on any atom is 0.181 e. The Labute approximate surface area is 109 Å². The zero-order valence-corrected chi connectivity index (χ0v) is 11.8. The second kappa shape index (κ2) is 5.02. The fourth-order valence-electron chi connectivity index (χ4n) is 2.76. The van der Waals surface area contributed by atoms with Crippen molar-refractivity contribution in [3.8, 4) is 0 Å². The van der Waals surface area contributed by atoms with Crippen molar-refractivity contribution >= 4 is 9.84 Å². The van der Waals surface area contributed by atoms with Crippen molar-refractivity contribution in [2.45, 2.75) is 55.7 Å². The first-order valence-corrected chi connectivity index (χ1v) is 8.02. The Balaban J connectivity index is 2.35. The zero-order chi connectivity index (χ0) is 13.3. The van der Waals surface area contributed by atoms with Crippen LogP contribution in [-0.4, -0.2) is 19.7 Å². The highest BCUT2D eigenvalue weighted by molar-refractivity contribution is 7.92. The van der Waals surface area contributed by atoms with Gasteiger partial charge in [0, 0.05) is 6.04 Å². The number of aryl methyl sites for hydroxylation is 2. The Morgan fingerprint density at radius 2 is 1.94 bits per heavy atom. The van der Waals surface area contributed by atoms with Crippen molar-refractivity contribution < 1.29 is 8.42 Å². The van der Waals surface area contributed by atoms with E-state index in [1.165, 1.54) is 0 Å². The molecular weight excluding hydrogens is 246 g/mol. The van der Waals surface area contributed by atoms with Gasteiger partial charge in [-0.1, -0.05) is 24.1 Å². The van der Waals surface area contributed by atoms with Crippen LogP contribution in [0.2, 0.25) is 0 Å². The minimum Gasteiger partial charge on any atom is -0.328 e. The predicted octanol–water partition coefficient (Wildman–Crippen LogP) is 2.35. The molecule has 100 valence electrons. The summed E-state index contributed by atoms with van der Waals surface area (Å²) < 4.78 is 25.2. The van der Waals surface area contributed by atoms with Crippen LogP contribution in [0.5, 0.6) is 0 Å². The normalized spacial score (nSPS) is 25.1. The summed E-state index contributed by atoms with van der Waals surface area (Å²) in [5, 5.41) is -0.303. The van der Waals surface area contributed by atoms with E-state index in [-0.39, 0.29) is 11.3 Å². The van der Waals surface area contributed by atoms with Gasteiger partial charge < -0.3 is 5.73 Å². The van der Waals surface area contributed by atoms with E-state index >= 15 is 0 Å². The molecule has 1 aromatic carbocycles. The summed E-state index contributed by atoms with van der Waals surface area (Å²) in [7, 11) is -3.22. The van der Waals surface area contributed by atoms with Crippen molar-refractivity contribution in [1.29, 1.82) is 0 Å². The molecule has 0 radical (unpaired) electrons. The lowest BCUT2D eigenvalue weighted by Gasteiger charge is -2.27. The topological polar surface area (TPSA) is 60.2 Å². The van der Waals surface area contributed by atoms with E-state index in [2.05, 4.69) is 0 Å². The van der Waals surface area contributed by atoms with Crippen molar-refractivity contribution in [3.05, 3.63) is 29.3 Å². The average Bonchev–Trinajstić information content (AvgIpc) is 2.28. The largest absolute Gasteiger partial charge is 0.328 e. The van der Waals surface area contributed by atoms with Gasteiger partial charge in [0.25, 0.3) is 0 Å². The number of rotatable bonds is 2. The number of hydrogen-bond donors (Lipinski definition) is 1. The molecule has 3 nitrogen and oxygen atoms in total. The molecule has 1 aromatic rings.